The predicted molar refractivity (Wildman–Crippen MR) is 80.4 cm³/mol. The van der Waals surface area contributed by atoms with Gasteiger partial charge in [-0.2, -0.15) is 5.06 Å². The summed E-state index contributed by atoms with van der Waals surface area (Å²) < 4.78 is 4.92. The largest absolute Gasteiger partial charge is 0.469 e. The van der Waals surface area contributed by atoms with Crippen LogP contribution in [0.25, 0.3) is 0 Å². The average Bonchev–Trinajstić information content (AvgIpc) is 2.99. The van der Waals surface area contributed by atoms with Gasteiger partial charge in [-0.05, 0) is 17.2 Å². The van der Waals surface area contributed by atoms with Crippen LogP contribution in [0.15, 0.2) is 54.9 Å². The molecule has 1 aromatic heterocycles. The van der Waals surface area contributed by atoms with Crippen LogP contribution in [0.5, 0.6) is 0 Å². The van der Waals surface area contributed by atoms with Crippen LogP contribution in [0.4, 0.5) is 0 Å². The van der Waals surface area contributed by atoms with Crippen molar-refractivity contribution in [2.45, 2.75) is 12.6 Å². The highest BCUT2D eigenvalue weighted by molar-refractivity contribution is 5.74. The molecule has 0 N–H and O–H groups in total. The third-order valence-electron chi connectivity index (χ3n) is 3.82. The summed E-state index contributed by atoms with van der Waals surface area (Å²) in [6.45, 7) is 0.924. The molecule has 3 rings (SSSR count). The van der Waals surface area contributed by atoms with Crippen LogP contribution in [-0.2, 0) is 20.9 Å². The number of hydrogen-bond acceptors (Lipinski definition) is 5. The normalized spacial score (nSPS) is 21.7. The SMILES string of the molecule is COC(=O)[C@H]1CON(Cc2ccccc2)[C@H]1c1cccnc1. The summed E-state index contributed by atoms with van der Waals surface area (Å²) >= 11 is 0. The van der Waals surface area contributed by atoms with Crippen LogP contribution in [-0.4, -0.2) is 29.7 Å². The van der Waals surface area contributed by atoms with Crippen molar-refractivity contribution in [3.63, 3.8) is 0 Å². The van der Waals surface area contributed by atoms with Gasteiger partial charge in [0.25, 0.3) is 0 Å². The summed E-state index contributed by atoms with van der Waals surface area (Å²) in [5, 5.41) is 1.84. The van der Waals surface area contributed by atoms with E-state index < -0.39 is 0 Å². The van der Waals surface area contributed by atoms with Gasteiger partial charge in [0, 0.05) is 18.9 Å². The Bertz CT molecular complexity index is 618. The van der Waals surface area contributed by atoms with Crippen LogP contribution in [0.2, 0.25) is 0 Å². The molecule has 0 spiro atoms. The third kappa shape index (κ3) is 3.00. The number of esters is 1. The second kappa shape index (κ2) is 6.68. The number of hydroxylamine groups is 2. The summed E-state index contributed by atoms with van der Waals surface area (Å²) in [4.78, 5) is 22.0. The van der Waals surface area contributed by atoms with Gasteiger partial charge in [-0.25, -0.2) is 0 Å². The molecule has 5 heteroatoms. The highest BCUT2D eigenvalue weighted by Crippen LogP contribution is 2.36. The number of methoxy groups -OCH3 is 1. The number of aromatic nitrogens is 1. The highest BCUT2D eigenvalue weighted by Gasteiger charge is 2.42. The maximum Gasteiger partial charge on any atom is 0.313 e. The van der Waals surface area contributed by atoms with Gasteiger partial charge in [-0.15, -0.1) is 0 Å². The topological polar surface area (TPSA) is 51.7 Å². The second-order valence-corrected chi connectivity index (χ2v) is 5.22. The Balaban J connectivity index is 1.87. The molecule has 2 heterocycles. The van der Waals surface area contributed by atoms with Crippen molar-refractivity contribution < 1.29 is 14.4 Å². The number of hydrogen-bond donors (Lipinski definition) is 0. The van der Waals surface area contributed by atoms with Gasteiger partial charge in [0.05, 0.1) is 19.8 Å². The zero-order valence-electron chi connectivity index (χ0n) is 12.4. The minimum atomic E-state index is -0.349. The fourth-order valence-corrected chi connectivity index (χ4v) is 2.75. The lowest BCUT2D eigenvalue weighted by Crippen LogP contribution is -2.28. The molecule has 0 aliphatic carbocycles. The molecule has 114 valence electrons. The molecule has 1 aliphatic rings. The van der Waals surface area contributed by atoms with E-state index in [0.29, 0.717) is 13.2 Å². The molecule has 2 atom stereocenters. The zero-order chi connectivity index (χ0) is 15.4. The smallest absolute Gasteiger partial charge is 0.313 e. The third-order valence-corrected chi connectivity index (χ3v) is 3.82. The molecule has 0 bridgehead atoms. The van der Waals surface area contributed by atoms with Crippen molar-refractivity contribution in [1.82, 2.24) is 10.0 Å². The van der Waals surface area contributed by atoms with E-state index in [1.807, 2.05) is 47.5 Å². The second-order valence-electron chi connectivity index (χ2n) is 5.22. The van der Waals surface area contributed by atoms with E-state index in [-0.39, 0.29) is 17.9 Å². The Kier molecular flexibility index (Phi) is 4.46. The van der Waals surface area contributed by atoms with Gasteiger partial charge in [0.2, 0.25) is 0 Å². The number of benzene rings is 1. The number of ether oxygens (including phenoxy) is 1. The van der Waals surface area contributed by atoms with E-state index in [4.69, 9.17) is 9.57 Å². The maximum atomic E-state index is 12.0. The maximum absolute atomic E-state index is 12.0. The van der Waals surface area contributed by atoms with Crippen molar-refractivity contribution >= 4 is 5.97 Å². The van der Waals surface area contributed by atoms with Crippen molar-refractivity contribution in [2.24, 2.45) is 5.92 Å². The lowest BCUT2D eigenvalue weighted by atomic mass is 9.95. The number of pyridine rings is 1. The van der Waals surface area contributed by atoms with E-state index in [0.717, 1.165) is 11.1 Å². The average molecular weight is 298 g/mol. The van der Waals surface area contributed by atoms with Gasteiger partial charge in [-0.3, -0.25) is 14.6 Å². The Morgan fingerprint density at radius 2 is 2.14 bits per heavy atom. The first-order valence-electron chi connectivity index (χ1n) is 7.21. The minimum Gasteiger partial charge on any atom is -0.469 e. The van der Waals surface area contributed by atoms with E-state index in [2.05, 4.69) is 4.98 Å². The molecule has 1 aliphatic heterocycles. The van der Waals surface area contributed by atoms with Crippen LogP contribution >= 0.6 is 0 Å². The molecule has 0 amide bonds. The first kappa shape index (κ1) is 14.7. The summed E-state index contributed by atoms with van der Waals surface area (Å²) in [5.74, 6) is -0.609. The molecule has 0 unspecified atom stereocenters. The van der Waals surface area contributed by atoms with Crippen molar-refractivity contribution in [3.05, 3.63) is 66.0 Å². The standard InChI is InChI=1S/C17H18N2O3/c1-21-17(20)15-12-22-19(11-13-6-3-2-4-7-13)16(15)14-8-5-9-18-10-14/h2-10,15-16H,11-12H2,1H3/t15-,16-/m0/s1. The lowest BCUT2D eigenvalue weighted by Gasteiger charge is -2.24. The quantitative estimate of drug-likeness (QED) is 0.811. The Morgan fingerprint density at radius 1 is 1.32 bits per heavy atom. The van der Waals surface area contributed by atoms with E-state index in [1.54, 1.807) is 12.4 Å². The van der Waals surface area contributed by atoms with Gasteiger partial charge >= 0.3 is 5.97 Å². The molecule has 22 heavy (non-hydrogen) atoms. The highest BCUT2D eigenvalue weighted by atomic mass is 16.7. The van der Waals surface area contributed by atoms with Crippen LogP contribution in [0.3, 0.4) is 0 Å². The minimum absolute atomic E-state index is 0.193. The fraction of sp³-hybridized carbons (Fsp3) is 0.294. The molecule has 5 nitrogen and oxygen atoms in total. The molecular formula is C17H18N2O3. The molecular weight excluding hydrogens is 280 g/mol. The van der Waals surface area contributed by atoms with Crippen molar-refractivity contribution in [1.29, 1.82) is 0 Å². The summed E-state index contributed by atoms with van der Waals surface area (Å²) in [7, 11) is 1.41. The molecule has 1 fully saturated rings. The number of carbonyl (C=O) groups is 1. The number of rotatable bonds is 4. The van der Waals surface area contributed by atoms with E-state index in [1.165, 1.54) is 7.11 Å². The number of nitrogens with zero attached hydrogens (tertiary/aromatic N) is 2. The van der Waals surface area contributed by atoms with Crippen molar-refractivity contribution in [2.75, 3.05) is 13.7 Å². The lowest BCUT2D eigenvalue weighted by molar-refractivity contribution is -0.146. The molecule has 1 saturated heterocycles. The molecule has 0 saturated carbocycles. The molecule has 0 radical (unpaired) electrons. The Morgan fingerprint density at radius 3 is 2.82 bits per heavy atom. The van der Waals surface area contributed by atoms with Gasteiger partial charge in [0.15, 0.2) is 0 Å². The summed E-state index contributed by atoms with van der Waals surface area (Å²) in [6, 6.07) is 13.7. The van der Waals surface area contributed by atoms with Gasteiger partial charge in [0.1, 0.15) is 5.92 Å². The van der Waals surface area contributed by atoms with E-state index >= 15 is 0 Å². The Labute approximate surface area is 129 Å². The van der Waals surface area contributed by atoms with Gasteiger partial charge < -0.3 is 4.74 Å². The zero-order valence-corrected chi connectivity index (χ0v) is 12.4. The summed E-state index contributed by atoms with van der Waals surface area (Å²) in [5.41, 5.74) is 2.08. The number of carbonyl (C=O) groups excluding carboxylic acids is 1. The monoisotopic (exact) mass is 298 g/mol. The van der Waals surface area contributed by atoms with Crippen LogP contribution < -0.4 is 0 Å². The van der Waals surface area contributed by atoms with Crippen LogP contribution in [0.1, 0.15) is 17.2 Å². The first-order valence-corrected chi connectivity index (χ1v) is 7.21. The molecule has 2 aromatic rings. The predicted octanol–water partition coefficient (Wildman–Crippen LogP) is 2.36. The van der Waals surface area contributed by atoms with Crippen LogP contribution in [0, 0.1) is 5.92 Å². The molecule has 1 aromatic carbocycles. The Hall–Kier alpha value is -2.24. The van der Waals surface area contributed by atoms with Crippen molar-refractivity contribution in [3.8, 4) is 0 Å². The summed E-state index contributed by atoms with van der Waals surface area (Å²) in [6.07, 6.45) is 3.49. The fourth-order valence-electron chi connectivity index (χ4n) is 2.75. The first-order chi connectivity index (χ1) is 10.8. The van der Waals surface area contributed by atoms with E-state index in [9.17, 15) is 4.79 Å². The van der Waals surface area contributed by atoms with Gasteiger partial charge in [-0.1, -0.05) is 36.4 Å².